The molecule has 5 rings (SSSR count). The van der Waals surface area contributed by atoms with Gasteiger partial charge in [0.05, 0.1) is 5.69 Å². The average molecular weight is 539 g/mol. The zero-order valence-electron chi connectivity index (χ0n) is 16.7. The van der Waals surface area contributed by atoms with E-state index in [0.717, 1.165) is 32.1 Å². The van der Waals surface area contributed by atoms with E-state index in [9.17, 15) is 8.42 Å². The summed E-state index contributed by atoms with van der Waals surface area (Å²) in [5.41, 5.74) is 0.437. The lowest BCUT2D eigenvalue weighted by molar-refractivity contribution is 0.0151. The highest BCUT2D eigenvalue weighted by atomic mass is 127. The van der Waals surface area contributed by atoms with E-state index >= 15 is 0 Å². The number of aromatic nitrogens is 1. The highest BCUT2D eigenvalue weighted by molar-refractivity contribution is 14.0. The Bertz CT molecular complexity index is 773. The molecule has 0 aliphatic carbocycles. The maximum atomic E-state index is 12.6. The number of hydrogen-bond donors (Lipinski definition) is 1. The third-order valence-corrected chi connectivity index (χ3v) is 7.67. The van der Waals surface area contributed by atoms with Crippen LogP contribution in [0.5, 0.6) is 0 Å². The summed E-state index contributed by atoms with van der Waals surface area (Å²) >= 11 is 0. The summed E-state index contributed by atoms with van der Waals surface area (Å²) in [5, 5.41) is 7.21. The summed E-state index contributed by atoms with van der Waals surface area (Å²) < 4.78 is 31.4. The number of piperazine rings is 4. The van der Waals surface area contributed by atoms with E-state index in [1.807, 2.05) is 0 Å². The number of hydrogen-bond acceptors (Lipinski definition) is 7. The van der Waals surface area contributed by atoms with Crippen LogP contribution in [0.15, 0.2) is 21.8 Å². The molecule has 4 fully saturated rings. The fraction of sp³-hybridized carbons (Fsp3) is 0.765. The number of sulfonamides is 1. The number of rotatable bonds is 5. The lowest BCUT2D eigenvalue weighted by Gasteiger charge is -2.47. The second-order valence-corrected chi connectivity index (χ2v) is 9.52. The number of guanidine groups is 1. The van der Waals surface area contributed by atoms with Crippen LogP contribution in [0.1, 0.15) is 5.69 Å². The highest BCUT2D eigenvalue weighted by Crippen LogP contribution is 2.16. The zero-order chi connectivity index (χ0) is 19.6. The first-order valence-electron chi connectivity index (χ1n) is 9.84. The average Bonchev–Trinajstić information content (AvgIpc) is 3.22. The van der Waals surface area contributed by atoms with Gasteiger partial charge in [-0.2, -0.15) is 4.31 Å². The van der Waals surface area contributed by atoms with Gasteiger partial charge in [0.1, 0.15) is 12.0 Å². The molecule has 0 spiro atoms. The Balaban J connectivity index is 0.00000240. The van der Waals surface area contributed by atoms with Gasteiger partial charge < -0.3 is 14.7 Å². The Morgan fingerprint density at radius 3 is 2.48 bits per heavy atom. The third-order valence-electron chi connectivity index (χ3n) is 5.85. The summed E-state index contributed by atoms with van der Waals surface area (Å²) in [7, 11) is -1.60. The van der Waals surface area contributed by atoms with Crippen molar-refractivity contribution in [3.05, 3.63) is 18.0 Å². The van der Waals surface area contributed by atoms with Crippen molar-refractivity contribution in [1.29, 1.82) is 0 Å². The third kappa shape index (κ3) is 5.40. The largest absolute Gasteiger partial charge is 0.364 e. The first-order valence-corrected chi connectivity index (χ1v) is 11.4. The maximum Gasteiger partial charge on any atom is 0.220 e. The van der Waals surface area contributed by atoms with Crippen molar-refractivity contribution in [3.63, 3.8) is 0 Å². The van der Waals surface area contributed by atoms with Gasteiger partial charge in [-0.1, -0.05) is 5.16 Å². The summed E-state index contributed by atoms with van der Waals surface area (Å²) in [6, 6.07) is 2.10. The Labute approximate surface area is 189 Å². The molecule has 12 heteroatoms. The molecule has 1 aromatic rings. The van der Waals surface area contributed by atoms with E-state index in [4.69, 9.17) is 4.52 Å². The van der Waals surface area contributed by atoms with Gasteiger partial charge in [0.15, 0.2) is 5.96 Å². The molecule has 0 saturated carbocycles. The van der Waals surface area contributed by atoms with E-state index in [0.29, 0.717) is 37.9 Å². The molecule has 4 saturated heterocycles. The van der Waals surface area contributed by atoms with Crippen molar-refractivity contribution in [1.82, 2.24) is 29.5 Å². The molecule has 1 atom stereocenters. The Hall–Kier alpha value is -0.960. The van der Waals surface area contributed by atoms with Crippen LogP contribution >= 0.6 is 24.0 Å². The van der Waals surface area contributed by atoms with Crippen molar-refractivity contribution < 1.29 is 12.9 Å². The fourth-order valence-corrected chi connectivity index (χ4v) is 5.65. The van der Waals surface area contributed by atoms with Gasteiger partial charge in [-0.25, -0.2) is 8.42 Å². The number of nitrogens with zero attached hydrogens (tertiary/aromatic N) is 6. The van der Waals surface area contributed by atoms with Crippen molar-refractivity contribution in [3.8, 4) is 0 Å². The summed E-state index contributed by atoms with van der Waals surface area (Å²) in [6.45, 7) is 8.77. The molecule has 0 radical (unpaired) electrons. The monoisotopic (exact) mass is 539 g/mol. The van der Waals surface area contributed by atoms with Gasteiger partial charge >= 0.3 is 0 Å². The van der Waals surface area contributed by atoms with Crippen LogP contribution in [0.4, 0.5) is 0 Å². The van der Waals surface area contributed by atoms with Gasteiger partial charge in [0.2, 0.25) is 10.0 Å². The van der Waals surface area contributed by atoms with E-state index < -0.39 is 10.0 Å². The predicted molar refractivity (Wildman–Crippen MR) is 121 cm³/mol. The van der Waals surface area contributed by atoms with Crippen LogP contribution in [0.2, 0.25) is 0 Å². The Morgan fingerprint density at radius 2 is 1.93 bits per heavy atom. The molecule has 4 aliphatic heterocycles. The van der Waals surface area contributed by atoms with Crippen LogP contribution < -0.4 is 5.32 Å². The molecule has 1 N–H and O–H groups in total. The SMILES string of the molecule is CN=C(NCC1CN2CCN1CC2)N1CCN(S(=O)(=O)Cc2ccon2)CC1.I. The number of nitrogens with one attached hydrogen (secondary N) is 1. The molecule has 4 aliphatic rings. The van der Waals surface area contributed by atoms with E-state index in [2.05, 4.69) is 30.2 Å². The molecule has 10 nitrogen and oxygen atoms in total. The van der Waals surface area contributed by atoms with Crippen molar-refractivity contribution >= 4 is 40.0 Å². The first kappa shape index (κ1) is 22.7. The van der Waals surface area contributed by atoms with Crippen molar-refractivity contribution in [2.75, 3.05) is 72.5 Å². The molecular formula is C17H30IN7O3S. The Morgan fingerprint density at radius 1 is 1.21 bits per heavy atom. The molecule has 0 aromatic carbocycles. The lowest BCUT2D eigenvalue weighted by Crippen LogP contribution is -2.64. The van der Waals surface area contributed by atoms with Gasteiger partial charge in [0.25, 0.3) is 0 Å². The number of aliphatic imine (C=N–C) groups is 1. The van der Waals surface area contributed by atoms with Crippen LogP contribution in [-0.4, -0.2) is 117 Å². The summed E-state index contributed by atoms with van der Waals surface area (Å²) in [5.74, 6) is 0.732. The number of halogens is 1. The standard InChI is InChI=1S/C17H29N7O3S.HI/c1-18-17(19-12-16-13-21-3-5-22(16)6-4-21)23-7-9-24(10-8-23)28(25,26)14-15-2-11-27-20-15;/h2,11,16H,3-10,12-14H2,1H3,(H,18,19);1H. The van der Waals surface area contributed by atoms with E-state index in [-0.39, 0.29) is 29.7 Å². The molecule has 164 valence electrons. The molecule has 29 heavy (non-hydrogen) atoms. The molecule has 1 unspecified atom stereocenters. The topological polar surface area (TPSA) is 97.5 Å². The van der Waals surface area contributed by atoms with E-state index in [1.165, 1.54) is 23.7 Å². The quantitative estimate of drug-likeness (QED) is 0.299. The molecular weight excluding hydrogens is 509 g/mol. The summed E-state index contributed by atoms with van der Waals surface area (Å²) in [4.78, 5) is 11.6. The molecule has 2 bridgehead atoms. The van der Waals surface area contributed by atoms with Gasteiger partial charge in [-0.3, -0.25) is 14.8 Å². The van der Waals surface area contributed by atoms with Gasteiger partial charge in [-0.15, -0.1) is 24.0 Å². The van der Waals surface area contributed by atoms with Crippen LogP contribution in [0.3, 0.4) is 0 Å². The highest BCUT2D eigenvalue weighted by Gasteiger charge is 2.33. The van der Waals surface area contributed by atoms with Crippen LogP contribution in [0, 0.1) is 0 Å². The zero-order valence-corrected chi connectivity index (χ0v) is 19.9. The van der Waals surface area contributed by atoms with Crippen LogP contribution in [0.25, 0.3) is 0 Å². The van der Waals surface area contributed by atoms with Crippen molar-refractivity contribution in [2.45, 2.75) is 11.8 Å². The van der Waals surface area contributed by atoms with Crippen molar-refractivity contribution in [2.24, 2.45) is 4.99 Å². The second kappa shape index (κ2) is 9.90. The summed E-state index contributed by atoms with van der Waals surface area (Å²) in [6.07, 6.45) is 1.39. The smallest absolute Gasteiger partial charge is 0.220 e. The molecule has 0 amide bonds. The van der Waals surface area contributed by atoms with Gasteiger partial charge in [0, 0.05) is 84.6 Å². The van der Waals surface area contributed by atoms with Crippen LogP contribution in [-0.2, 0) is 15.8 Å². The van der Waals surface area contributed by atoms with Gasteiger partial charge in [-0.05, 0) is 0 Å². The molecule has 1 aromatic heterocycles. The molecule has 5 heterocycles. The lowest BCUT2D eigenvalue weighted by atomic mass is 10.1. The maximum absolute atomic E-state index is 12.6. The minimum atomic E-state index is -3.39. The predicted octanol–water partition coefficient (Wildman–Crippen LogP) is -0.685. The first-order chi connectivity index (χ1) is 13.5. The second-order valence-electron chi connectivity index (χ2n) is 7.55. The fourth-order valence-electron chi connectivity index (χ4n) is 4.23. The van der Waals surface area contributed by atoms with E-state index in [1.54, 1.807) is 13.1 Å². The minimum Gasteiger partial charge on any atom is -0.364 e. The minimum absolute atomic E-state index is 0. The normalized spacial score (nSPS) is 28.2. The number of fused-ring (bicyclic) bond motifs is 3. The Kier molecular flexibility index (Phi) is 7.75.